The topological polar surface area (TPSA) is 112 Å². The standard InChI is InChI=1S/C36H43N3O8/c1-24-29(28-9-8-26(42-3)20-31(28)30(24)21-34(40)37-22-27-7-6-15-45-27)17-25-18-32(43-4)36(33(19-25)44-5)47-23-35(41)46-16-14-39-12-10-38(2)11-13-39/h6-9,15,17-20H,10-14,16,21-23H2,1-5H3,(H,37,40). The van der Waals surface area contributed by atoms with E-state index in [0.717, 1.165) is 59.6 Å². The van der Waals surface area contributed by atoms with Crippen molar-refractivity contribution in [3.05, 3.63) is 76.8 Å². The molecule has 0 atom stereocenters. The molecule has 0 unspecified atom stereocenters. The molecule has 47 heavy (non-hydrogen) atoms. The van der Waals surface area contributed by atoms with Gasteiger partial charge in [-0.25, -0.2) is 4.79 Å². The number of carbonyl (C=O) groups excluding carboxylic acids is 2. The molecule has 2 aromatic carbocycles. The lowest BCUT2D eigenvalue weighted by atomic mass is 10.00. The minimum atomic E-state index is -0.464. The average Bonchev–Trinajstić information content (AvgIpc) is 3.70. The van der Waals surface area contributed by atoms with Gasteiger partial charge in [0.05, 0.1) is 40.6 Å². The van der Waals surface area contributed by atoms with Gasteiger partial charge in [0.2, 0.25) is 11.7 Å². The number of hydrogen-bond acceptors (Lipinski definition) is 10. The van der Waals surface area contributed by atoms with Crippen LogP contribution in [0.25, 0.3) is 17.2 Å². The number of ether oxygens (including phenoxy) is 5. The number of piperazine rings is 1. The van der Waals surface area contributed by atoms with Crippen LogP contribution in [0.15, 0.2) is 58.7 Å². The van der Waals surface area contributed by atoms with E-state index < -0.39 is 5.97 Å². The third-order valence-electron chi connectivity index (χ3n) is 8.47. The predicted octanol–water partition coefficient (Wildman–Crippen LogP) is 4.51. The van der Waals surface area contributed by atoms with Gasteiger partial charge in [0, 0.05) is 32.7 Å². The Morgan fingerprint density at radius 1 is 0.957 bits per heavy atom. The molecule has 1 N–H and O–H groups in total. The first-order valence-corrected chi connectivity index (χ1v) is 15.6. The maximum Gasteiger partial charge on any atom is 0.344 e. The summed E-state index contributed by atoms with van der Waals surface area (Å²) in [6, 6.07) is 13.1. The summed E-state index contributed by atoms with van der Waals surface area (Å²) in [7, 11) is 6.80. The van der Waals surface area contributed by atoms with Crippen LogP contribution in [-0.4, -0.2) is 96.0 Å². The van der Waals surface area contributed by atoms with E-state index in [4.69, 9.17) is 28.1 Å². The number of furan rings is 1. The number of amides is 1. The summed E-state index contributed by atoms with van der Waals surface area (Å²) < 4.78 is 33.5. The minimum Gasteiger partial charge on any atom is -0.497 e. The maximum atomic E-state index is 13.0. The molecule has 2 aliphatic rings. The Morgan fingerprint density at radius 2 is 1.70 bits per heavy atom. The van der Waals surface area contributed by atoms with Crippen LogP contribution in [0.4, 0.5) is 0 Å². The number of rotatable bonds is 14. The van der Waals surface area contributed by atoms with Crippen LogP contribution in [0, 0.1) is 0 Å². The number of fused-ring (bicyclic) bond motifs is 1. The molecule has 2 heterocycles. The van der Waals surface area contributed by atoms with E-state index in [2.05, 4.69) is 22.2 Å². The second-order valence-electron chi connectivity index (χ2n) is 11.5. The molecule has 11 nitrogen and oxygen atoms in total. The molecule has 0 radical (unpaired) electrons. The van der Waals surface area contributed by atoms with Crippen molar-refractivity contribution in [1.82, 2.24) is 15.1 Å². The first kappa shape index (κ1) is 33.6. The van der Waals surface area contributed by atoms with Crippen molar-refractivity contribution in [3.63, 3.8) is 0 Å². The number of methoxy groups -OCH3 is 3. The molecule has 0 saturated carbocycles. The molecule has 11 heteroatoms. The molecule has 5 rings (SSSR count). The molecule has 1 aliphatic heterocycles. The van der Waals surface area contributed by atoms with Gasteiger partial charge in [-0.05, 0) is 89.9 Å². The lowest BCUT2D eigenvalue weighted by Crippen LogP contribution is -2.45. The molecule has 250 valence electrons. The number of benzene rings is 2. The van der Waals surface area contributed by atoms with Crippen LogP contribution in [0.5, 0.6) is 23.0 Å². The number of likely N-dealkylation sites (N-methyl/N-ethyl adjacent to an activating group) is 1. The fourth-order valence-corrected chi connectivity index (χ4v) is 5.76. The van der Waals surface area contributed by atoms with Crippen LogP contribution in [-0.2, 0) is 20.9 Å². The molecular formula is C36H43N3O8. The number of carbonyl (C=O) groups is 2. The van der Waals surface area contributed by atoms with Gasteiger partial charge in [-0.3, -0.25) is 9.69 Å². The highest BCUT2D eigenvalue weighted by Gasteiger charge is 2.26. The number of hydrogen-bond donors (Lipinski definition) is 1. The Morgan fingerprint density at radius 3 is 2.36 bits per heavy atom. The van der Waals surface area contributed by atoms with Gasteiger partial charge < -0.3 is 38.3 Å². The Kier molecular flexibility index (Phi) is 11.2. The summed E-state index contributed by atoms with van der Waals surface area (Å²) >= 11 is 0. The number of allylic oxidation sites excluding steroid dienone is 2. The molecule has 0 bridgehead atoms. The molecular weight excluding hydrogens is 602 g/mol. The summed E-state index contributed by atoms with van der Waals surface area (Å²) in [6.07, 6.45) is 3.79. The van der Waals surface area contributed by atoms with Gasteiger partial charge in [-0.1, -0.05) is 6.07 Å². The van der Waals surface area contributed by atoms with Gasteiger partial charge in [0.25, 0.3) is 0 Å². The zero-order valence-corrected chi connectivity index (χ0v) is 27.7. The van der Waals surface area contributed by atoms with Crippen LogP contribution < -0.4 is 24.3 Å². The fraction of sp³-hybridized carbons (Fsp3) is 0.389. The molecule has 1 amide bonds. The summed E-state index contributed by atoms with van der Waals surface area (Å²) in [6.45, 7) is 6.97. The van der Waals surface area contributed by atoms with E-state index in [1.165, 1.54) is 14.2 Å². The average molecular weight is 646 g/mol. The normalized spacial score (nSPS) is 15.8. The number of nitrogens with one attached hydrogen (secondary N) is 1. The zero-order chi connectivity index (χ0) is 33.3. The van der Waals surface area contributed by atoms with Crippen molar-refractivity contribution >= 4 is 29.1 Å². The lowest BCUT2D eigenvalue weighted by Gasteiger charge is -2.32. The maximum absolute atomic E-state index is 13.0. The van der Waals surface area contributed by atoms with Crippen molar-refractivity contribution in [3.8, 4) is 23.0 Å². The van der Waals surface area contributed by atoms with E-state index in [-0.39, 0.29) is 18.9 Å². The fourth-order valence-electron chi connectivity index (χ4n) is 5.76. The van der Waals surface area contributed by atoms with Crippen molar-refractivity contribution in [2.24, 2.45) is 0 Å². The van der Waals surface area contributed by atoms with E-state index in [1.54, 1.807) is 19.4 Å². The van der Waals surface area contributed by atoms with E-state index >= 15 is 0 Å². The van der Waals surface area contributed by atoms with Crippen LogP contribution >= 0.6 is 0 Å². The highest BCUT2D eigenvalue weighted by molar-refractivity contribution is 6.08. The highest BCUT2D eigenvalue weighted by Crippen LogP contribution is 2.46. The minimum absolute atomic E-state index is 0.117. The van der Waals surface area contributed by atoms with E-state index in [0.29, 0.717) is 48.5 Å². The predicted molar refractivity (Wildman–Crippen MR) is 179 cm³/mol. The lowest BCUT2D eigenvalue weighted by molar-refractivity contribution is -0.146. The summed E-state index contributed by atoms with van der Waals surface area (Å²) in [5.41, 5.74) is 5.55. The van der Waals surface area contributed by atoms with Gasteiger partial charge >= 0.3 is 5.97 Å². The van der Waals surface area contributed by atoms with Crippen LogP contribution in [0.2, 0.25) is 0 Å². The largest absolute Gasteiger partial charge is 0.497 e. The molecule has 0 spiro atoms. The second-order valence-corrected chi connectivity index (χ2v) is 11.5. The molecule has 1 aliphatic carbocycles. The Labute approximate surface area is 275 Å². The van der Waals surface area contributed by atoms with E-state index in [1.807, 2.05) is 49.4 Å². The second kappa shape index (κ2) is 15.7. The van der Waals surface area contributed by atoms with E-state index in [9.17, 15) is 9.59 Å². The van der Waals surface area contributed by atoms with Gasteiger partial charge in [0.15, 0.2) is 18.1 Å². The molecule has 1 aromatic heterocycles. The summed E-state index contributed by atoms with van der Waals surface area (Å²) in [4.78, 5) is 30.1. The van der Waals surface area contributed by atoms with Crippen molar-refractivity contribution in [1.29, 1.82) is 0 Å². The third kappa shape index (κ3) is 8.35. The first-order chi connectivity index (χ1) is 22.8. The van der Waals surface area contributed by atoms with Crippen LogP contribution in [0.1, 0.15) is 35.8 Å². The van der Waals surface area contributed by atoms with Gasteiger partial charge in [0.1, 0.15) is 18.1 Å². The number of nitrogens with zero attached hydrogens (tertiary/aromatic N) is 2. The van der Waals surface area contributed by atoms with Crippen LogP contribution in [0.3, 0.4) is 0 Å². The van der Waals surface area contributed by atoms with Crippen molar-refractivity contribution < 1.29 is 37.7 Å². The third-order valence-corrected chi connectivity index (χ3v) is 8.47. The Hall–Kier alpha value is -4.74. The molecule has 1 fully saturated rings. The first-order valence-electron chi connectivity index (χ1n) is 15.6. The van der Waals surface area contributed by atoms with Crippen molar-refractivity contribution in [2.75, 3.05) is 74.3 Å². The zero-order valence-electron chi connectivity index (χ0n) is 27.7. The summed E-state index contributed by atoms with van der Waals surface area (Å²) in [5.74, 6) is 1.94. The van der Waals surface area contributed by atoms with Gasteiger partial charge in [-0.2, -0.15) is 0 Å². The number of esters is 1. The van der Waals surface area contributed by atoms with Gasteiger partial charge in [-0.15, -0.1) is 0 Å². The quantitative estimate of drug-likeness (QED) is 0.252. The smallest absolute Gasteiger partial charge is 0.344 e. The molecule has 3 aromatic rings. The monoisotopic (exact) mass is 645 g/mol. The Bertz CT molecular complexity index is 1600. The highest BCUT2D eigenvalue weighted by atomic mass is 16.6. The molecule has 1 saturated heterocycles. The SMILES string of the molecule is COc1ccc2c(c1)C(CC(=O)NCc1ccco1)=C(C)C2=Cc1cc(OC)c(OCC(=O)OCCN2CCN(C)CC2)c(OC)c1. The summed E-state index contributed by atoms with van der Waals surface area (Å²) in [5, 5.41) is 2.94. The Balaban J connectivity index is 1.32. The van der Waals surface area contributed by atoms with Crippen molar-refractivity contribution in [2.45, 2.75) is 19.9 Å².